The normalized spacial score (nSPS) is 16.3. The summed E-state index contributed by atoms with van der Waals surface area (Å²) >= 11 is 0. The molecule has 80 valence electrons. The van der Waals surface area contributed by atoms with Gasteiger partial charge in [-0.1, -0.05) is 11.6 Å². The van der Waals surface area contributed by atoms with Gasteiger partial charge in [0.05, 0.1) is 0 Å². The van der Waals surface area contributed by atoms with Gasteiger partial charge in [0.25, 0.3) is 5.91 Å². The maximum atomic E-state index is 11.8. The second kappa shape index (κ2) is 3.72. The van der Waals surface area contributed by atoms with Crippen molar-refractivity contribution in [1.29, 1.82) is 0 Å². The Morgan fingerprint density at radius 1 is 1.60 bits per heavy atom. The first-order valence-electron chi connectivity index (χ1n) is 4.71. The van der Waals surface area contributed by atoms with Gasteiger partial charge in [0.15, 0.2) is 0 Å². The third-order valence-corrected chi connectivity index (χ3v) is 2.44. The molecule has 1 aliphatic heterocycles. The molecule has 1 aromatic rings. The lowest BCUT2D eigenvalue weighted by molar-refractivity contribution is 0.0758. The summed E-state index contributed by atoms with van der Waals surface area (Å²) in [7, 11) is 0. The van der Waals surface area contributed by atoms with E-state index in [0.29, 0.717) is 13.1 Å². The highest BCUT2D eigenvalue weighted by Gasteiger charge is 2.23. The number of carbonyl (C=O) groups excluding carboxylic acids is 1. The van der Waals surface area contributed by atoms with Crippen LogP contribution in [-0.2, 0) is 0 Å². The zero-order chi connectivity index (χ0) is 10.8. The van der Waals surface area contributed by atoms with Crippen LogP contribution in [0.2, 0.25) is 0 Å². The van der Waals surface area contributed by atoms with Crippen molar-refractivity contribution in [2.24, 2.45) is 0 Å². The molecule has 1 aliphatic rings. The van der Waals surface area contributed by atoms with E-state index in [2.05, 4.69) is 14.9 Å². The molecular formula is C9H12N4O2. The van der Waals surface area contributed by atoms with E-state index in [9.17, 15) is 4.79 Å². The Balaban J connectivity index is 2.13. The molecule has 0 saturated carbocycles. The third-order valence-electron chi connectivity index (χ3n) is 2.44. The van der Waals surface area contributed by atoms with Crippen molar-refractivity contribution in [2.45, 2.75) is 13.3 Å². The van der Waals surface area contributed by atoms with E-state index in [1.54, 1.807) is 4.90 Å². The number of aromatic nitrogens is 2. The maximum Gasteiger partial charge on any atom is 0.280 e. The third kappa shape index (κ3) is 1.83. The zero-order valence-electron chi connectivity index (χ0n) is 8.43. The van der Waals surface area contributed by atoms with Crippen molar-refractivity contribution in [3.05, 3.63) is 17.3 Å². The zero-order valence-corrected chi connectivity index (χ0v) is 8.43. The molecule has 0 bridgehead atoms. The number of hydrogen-bond acceptors (Lipinski definition) is 5. The standard InChI is InChI=1S/C9H12N4O2/c1-6-2-4-13(5-3-6)9(14)7-8(10)12-15-11-7/h2H,3-5H2,1H3,(H2,10,12). The molecular weight excluding hydrogens is 196 g/mol. The molecule has 0 spiro atoms. The van der Waals surface area contributed by atoms with Crippen LogP contribution in [0.3, 0.4) is 0 Å². The summed E-state index contributed by atoms with van der Waals surface area (Å²) in [5, 5.41) is 6.86. The highest BCUT2D eigenvalue weighted by Crippen LogP contribution is 2.14. The summed E-state index contributed by atoms with van der Waals surface area (Å²) in [5.74, 6) is -0.177. The van der Waals surface area contributed by atoms with Crippen molar-refractivity contribution >= 4 is 11.7 Å². The molecule has 2 rings (SSSR count). The van der Waals surface area contributed by atoms with E-state index in [0.717, 1.165) is 6.42 Å². The summed E-state index contributed by atoms with van der Waals surface area (Å²) in [5.41, 5.74) is 6.84. The average molecular weight is 208 g/mol. The van der Waals surface area contributed by atoms with Gasteiger partial charge in [0.1, 0.15) is 0 Å². The van der Waals surface area contributed by atoms with E-state index >= 15 is 0 Å². The summed E-state index contributed by atoms with van der Waals surface area (Å²) in [6, 6.07) is 0. The Labute approximate surface area is 86.7 Å². The molecule has 0 saturated heterocycles. The quantitative estimate of drug-likeness (QED) is 0.677. The molecule has 0 unspecified atom stereocenters. The minimum atomic E-state index is -0.225. The second-order valence-electron chi connectivity index (χ2n) is 3.55. The number of carbonyl (C=O) groups is 1. The van der Waals surface area contributed by atoms with Crippen molar-refractivity contribution in [1.82, 2.24) is 15.2 Å². The van der Waals surface area contributed by atoms with Crippen LogP contribution >= 0.6 is 0 Å². The molecule has 6 heteroatoms. The van der Waals surface area contributed by atoms with Crippen molar-refractivity contribution in [2.75, 3.05) is 18.8 Å². The minimum Gasteiger partial charge on any atom is -0.379 e. The fourth-order valence-corrected chi connectivity index (χ4v) is 1.45. The Hall–Kier alpha value is -1.85. The Kier molecular flexibility index (Phi) is 2.40. The maximum absolute atomic E-state index is 11.8. The van der Waals surface area contributed by atoms with Gasteiger partial charge in [-0.05, 0) is 23.7 Å². The number of hydrogen-bond donors (Lipinski definition) is 1. The molecule has 0 fully saturated rings. The van der Waals surface area contributed by atoms with E-state index in [4.69, 9.17) is 5.73 Å². The molecule has 2 N–H and O–H groups in total. The van der Waals surface area contributed by atoms with E-state index in [1.807, 2.05) is 13.0 Å². The van der Waals surface area contributed by atoms with Crippen LogP contribution in [-0.4, -0.2) is 34.2 Å². The first kappa shape index (κ1) is 9.70. The van der Waals surface area contributed by atoms with Gasteiger partial charge in [-0.2, -0.15) is 0 Å². The highest BCUT2D eigenvalue weighted by atomic mass is 16.6. The van der Waals surface area contributed by atoms with Crippen LogP contribution in [0, 0.1) is 0 Å². The van der Waals surface area contributed by atoms with Gasteiger partial charge in [-0.25, -0.2) is 4.63 Å². The van der Waals surface area contributed by atoms with Gasteiger partial charge >= 0.3 is 0 Å². The summed E-state index contributed by atoms with van der Waals surface area (Å²) in [6.07, 6.45) is 2.90. The molecule has 6 nitrogen and oxygen atoms in total. The number of nitrogens with zero attached hydrogens (tertiary/aromatic N) is 3. The van der Waals surface area contributed by atoms with Crippen LogP contribution in [0.25, 0.3) is 0 Å². The lowest BCUT2D eigenvalue weighted by Crippen LogP contribution is -2.35. The Morgan fingerprint density at radius 2 is 2.40 bits per heavy atom. The number of nitrogens with two attached hydrogens (primary N) is 1. The minimum absolute atomic E-state index is 0.0475. The lowest BCUT2D eigenvalue weighted by Gasteiger charge is -2.24. The fraction of sp³-hybridized carbons (Fsp3) is 0.444. The van der Waals surface area contributed by atoms with Gasteiger partial charge in [0.2, 0.25) is 11.5 Å². The van der Waals surface area contributed by atoms with Gasteiger partial charge in [-0.15, -0.1) is 0 Å². The van der Waals surface area contributed by atoms with Crippen LogP contribution in [0.4, 0.5) is 5.82 Å². The SMILES string of the molecule is CC1=CCN(C(=O)c2nonc2N)CC1. The number of rotatable bonds is 1. The van der Waals surface area contributed by atoms with Crippen LogP contribution in [0.1, 0.15) is 23.8 Å². The van der Waals surface area contributed by atoms with E-state index in [-0.39, 0.29) is 17.4 Å². The molecule has 1 amide bonds. The molecule has 1 aromatic heterocycles. The Morgan fingerprint density at radius 3 is 2.93 bits per heavy atom. The second-order valence-corrected chi connectivity index (χ2v) is 3.55. The number of anilines is 1. The number of nitrogen functional groups attached to an aromatic ring is 1. The fourth-order valence-electron chi connectivity index (χ4n) is 1.45. The van der Waals surface area contributed by atoms with Crippen LogP contribution < -0.4 is 5.73 Å². The van der Waals surface area contributed by atoms with E-state index < -0.39 is 0 Å². The van der Waals surface area contributed by atoms with Crippen molar-refractivity contribution < 1.29 is 9.42 Å². The van der Waals surface area contributed by atoms with Crippen LogP contribution in [0.5, 0.6) is 0 Å². The smallest absolute Gasteiger partial charge is 0.280 e. The predicted molar refractivity (Wildman–Crippen MR) is 53.0 cm³/mol. The highest BCUT2D eigenvalue weighted by molar-refractivity contribution is 5.96. The largest absolute Gasteiger partial charge is 0.379 e. The lowest BCUT2D eigenvalue weighted by atomic mass is 10.1. The summed E-state index contributed by atoms with van der Waals surface area (Å²) in [4.78, 5) is 13.5. The molecule has 15 heavy (non-hydrogen) atoms. The van der Waals surface area contributed by atoms with Crippen molar-refractivity contribution in [3.8, 4) is 0 Å². The topological polar surface area (TPSA) is 85.2 Å². The molecule has 0 aliphatic carbocycles. The summed E-state index contributed by atoms with van der Waals surface area (Å²) in [6.45, 7) is 3.33. The number of amides is 1. The van der Waals surface area contributed by atoms with Gasteiger partial charge in [-0.3, -0.25) is 4.79 Å². The molecule has 0 atom stereocenters. The Bertz CT molecular complexity index is 410. The summed E-state index contributed by atoms with van der Waals surface area (Å²) < 4.78 is 4.39. The van der Waals surface area contributed by atoms with Crippen LogP contribution in [0.15, 0.2) is 16.3 Å². The monoisotopic (exact) mass is 208 g/mol. The predicted octanol–water partition coefficient (Wildman–Crippen LogP) is 0.444. The first-order valence-corrected chi connectivity index (χ1v) is 4.71. The molecule has 2 heterocycles. The van der Waals surface area contributed by atoms with Gasteiger partial charge in [0, 0.05) is 13.1 Å². The first-order chi connectivity index (χ1) is 7.18. The van der Waals surface area contributed by atoms with Crippen molar-refractivity contribution in [3.63, 3.8) is 0 Å². The molecule has 0 aromatic carbocycles. The van der Waals surface area contributed by atoms with Gasteiger partial charge < -0.3 is 10.6 Å². The molecule has 0 radical (unpaired) electrons. The van der Waals surface area contributed by atoms with E-state index in [1.165, 1.54) is 5.57 Å². The average Bonchev–Trinajstić information content (AvgIpc) is 2.65.